The zero-order valence-electron chi connectivity index (χ0n) is 16.4. The van der Waals surface area contributed by atoms with E-state index in [-0.39, 0.29) is 12.2 Å². The van der Waals surface area contributed by atoms with Gasteiger partial charge in [0.2, 0.25) is 0 Å². The Hall–Kier alpha value is -2.84. The average Bonchev–Trinajstić information content (AvgIpc) is 2.68. The summed E-state index contributed by atoms with van der Waals surface area (Å²) in [6, 6.07) is 6.23. The van der Waals surface area contributed by atoms with Crippen molar-refractivity contribution in [2.75, 3.05) is 27.4 Å². The van der Waals surface area contributed by atoms with Crippen LogP contribution in [-0.2, 0) is 18.9 Å². The summed E-state index contributed by atoms with van der Waals surface area (Å²) in [4.78, 5) is 33.0. The minimum atomic E-state index is -0.489. The summed E-state index contributed by atoms with van der Waals surface area (Å²) in [5.74, 6) is -0.977. The number of rotatable bonds is 9. The standard InChI is InChI=1S/C20H24N2O6/c1-13(11-25-3)27-19(23)15-5-7-21-17(9-15)18-10-16(6-8-22-18)20(24)28-14(2)12-26-4/h5-10,13-14H,11-12H2,1-4H3. The zero-order valence-corrected chi connectivity index (χ0v) is 16.4. The molecule has 0 aliphatic rings. The van der Waals surface area contributed by atoms with Gasteiger partial charge in [0.15, 0.2) is 0 Å². The Morgan fingerprint density at radius 3 is 1.57 bits per heavy atom. The van der Waals surface area contributed by atoms with E-state index < -0.39 is 11.9 Å². The maximum absolute atomic E-state index is 12.3. The molecule has 2 heterocycles. The quantitative estimate of drug-likeness (QED) is 0.605. The van der Waals surface area contributed by atoms with Crippen molar-refractivity contribution in [1.82, 2.24) is 9.97 Å². The number of carbonyl (C=O) groups is 2. The minimum absolute atomic E-state index is 0.302. The third kappa shape index (κ3) is 6.11. The summed E-state index contributed by atoms with van der Waals surface area (Å²) in [5.41, 5.74) is 1.54. The molecule has 8 nitrogen and oxygen atoms in total. The van der Waals surface area contributed by atoms with E-state index in [1.807, 2.05) is 0 Å². The van der Waals surface area contributed by atoms with Crippen molar-refractivity contribution in [2.45, 2.75) is 26.1 Å². The fourth-order valence-electron chi connectivity index (χ4n) is 2.43. The van der Waals surface area contributed by atoms with E-state index >= 15 is 0 Å². The Morgan fingerprint density at radius 1 is 0.821 bits per heavy atom. The van der Waals surface area contributed by atoms with Gasteiger partial charge in [-0.25, -0.2) is 9.59 Å². The van der Waals surface area contributed by atoms with Gasteiger partial charge in [-0.05, 0) is 38.1 Å². The lowest BCUT2D eigenvalue weighted by atomic mass is 10.1. The number of hydrogen-bond acceptors (Lipinski definition) is 8. The Balaban J connectivity index is 2.17. The third-order valence-electron chi connectivity index (χ3n) is 3.67. The normalized spacial score (nSPS) is 12.9. The Kier molecular flexibility index (Phi) is 8.03. The average molecular weight is 388 g/mol. The van der Waals surface area contributed by atoms with Gasteiger partial charge in [-0.3, -0.25) is 9.97 Å². The Labute approximate surface area is 163 Å². The second-order valence-corrected chi connectivity index (χ2v) is 6.20. The highest BCUT2D eigenvalue weighted by Gasteiger charge is 2.16. The van der Waals surface area contributed by atoms with Crippen LogP contribution in [0.2, 0.25) is 0 Å². The number of esters is 2. The molecule has 0 spiro atoms. The van der Waals surface area contributed by atoms with Gasteiger partial charge >= 0.3 is 11.9 Å². The molecule has 150 valence electrons. The molecule has 0 aromatic carbocycles. The minimum Gasteiger partial charge on any atom is -0.457 e. The van der Waals surface area contributed by atoms with Crippen molar-refractivity contribution < 1.29 is 28.5 Å². The molecule has 28 heavy (non-hydrogen) atoms. The molecule has 0 N–H and O–H groups in total. The lowest BCUT2D eigenvalue weighted by Crippen LogP contribution is -2.20. The number of ether oxygens (including phenoxy) is 4. The molecule has 8 heteroatoms. The molecule has 2 aromatic rings. The van der Waals surface area contributed by atoms with Gasteiger partial charge < -0.3 is 18.9 Å². The van der Waals surface area contributed by atoms with Crippen molar-refractivity contribution in [3.8, 4) is 11.4 Å². The van der Waals surface area contributed by atoms with Gasteiger partial charge in [-0.1, -0.05) is 0 Å². The number of aromatic nitrogens is 2. The van der Waals surface area contributed by atoms with Crippen molar-refractivity contribution in [3.63, 3.8) is 0 Å². The number of methoxy groups -OCH3 is 2. The zero-order chi connectivity index (χ0) is 20.5. The van der Waals surface area contributed by atoms with E-state index in [1.54, 1.807) is 38.1 Å². The second kappa shape index (κ2) is 10.5. The molecule has 2 unspecified atom stereocenters. The van der Waals surface area contributed by atoms with E-state index in [9.17, 15) is 9.59 Å². The van der Waals surface area contributed by atoms with E-state index in [4.69, 9.17) is 18.9 Å². The molecule has 0 radical (unpaired) electrons. The SMILES string of the molecule is COCC(C)OC(=O)c1ccnc(-c2cc(C(=O)OC(C)COC)ccn2)c1. The van der Waals surface area contributed by atoms with Gasteiger partial charge in [0.25, 0.3) is 0 Å². The van der Waals surface area contributed by atoms with Gasteiger partial charge in [0.1, 0.15) is 12.2 Å². The molecule has 0 bridgehead atoms. The van der Waals surface area contributed by atoms with Crippen LogP contribution in [0.15, 0.2) is 36.7 Å². The molecule has 2 rings (SSSR count). The van der Waals surface area contributed by atoms with Gasteiger partial charge in [0.05, 0.1) is 35.7 Å². The van der Waals surface area contributed by atoms with E-state index in [0.717, 1.165) is 0 Å². The summed E-state index contributed by atoms with van der Waals surface area (Å²) in [6.45, 7) is 4.09. The summed E-state index contributed by atoms with van der Waals surface area (Å²) in [7, 11) is 3.07. The molecular formula is C20H24N2O6. The molecule has 0 aliphatic heterocycles. The maximum Gasteiger partial charge on any atom is 0.338 e. The Morgan fingerprint density at radius 2 is 1.21 bits per heavy atom. The van der Waals surface area contributed by atoms with Crippen LogP contribution in [0, 0.1) is 0 Å². The highest BCUT2D eigenvalue weighted by molar-refractivity contribution is 5.92. The van der Waals surface area contributed by atoms with Gasteiger partial charge in [0, 0.05) is 26.6 Å². The first-order valence-corrected chi connectivity index (χ1v) is 8.77. The highest BCUT2D eigenvalue weighted by Crippen LogP contribution is 2.18. The van der Waals surface area contributed by atoms with Crippen LogP contribution in [0.5, 0.6) is 0 Å². The summed E-state index contributed by atoms with van der Waals surface area (Å²) in [5, 5.41) is 0. The lowest BCUT2D eigenvalue weighted by Gasteiger charge is -2.13. The second-order valence-electron chi connectivity index (χ2n) is 6.20. The number of nitrogens with zero attached hydrogens (tertiary/aromatic N) is 2. The van der Waals surface area contributed by atoms with Crippen LogP contribution in [0.25, 0.3) is 11.4 Å². The van der Waals surface area contributed by atoms with Crippen LogP contribution in [0.3, 0.4) is 0 Å². The first-order valence-electron chi connectivity index (χ1n) is 8.77. The van der Waals surface area contributed by atoms with Gasteiger partial charge in [-0.15, -0.1) is 0 Å². The Bertz CT molecular complexity index is 743. The smallest absolute Gasteiger partial charge is 0.338 e. The number of carbonyl (C=O) groups excluding carboxylic acids is 2. The van der Waals surface area contributed by atoms with Crippen molar-refractivity contribution in [1.29, 1.82) is 0 Å². The summed E-state index contributed by atoms with van der Waals surface area (Å²) >= 11 is 0. The fraction of sp³-hybridized carbons (Fsp3) is 0.400. The van der Waals surface area contributed by atoms with Crippen molar-refractivity contribution in [2.24, 2.45) is 0 Å². The monoisotopic (exact) mass is 388 g/mol. The highest BCUT2D eigenvalue weighted by atomic mass is 16.6. The fourth-order valence-corrected chi connectivity index (χ4v) is 2.43. The largest absolute Gasteiger partial charge is 0.457 e. The van der Waals surface area contributed by atoms with Crippen LogP contribution in [0.1, 0.15) is 34.6 Å². The van der Waals surface area contributed by atoms with Crippen molar-refractivity contribution >= 4 is 11.9 Å². The number of hydrogen-bond donors (Lipinski definition) is 0. The summed E-state index contributed by atoms with van der Waals surface area (Å²) < 4.78 is 20.5. The summed E-state index contributed by atoms with van der Waals surface area (Å²) in [6.07, 6.45) is 2.22. The molecule has 0 aliphatic carbocycles. The molecule has 2 aromatic heterocycles. The van der Waals surface area contributed by atoms with Crippen LogP contribution < -0.4 is 0 Å². The van der Waals surface area contributed by atoms with E-state index in [1.165, 1.54) is 26.6 Å². The maximum atomic E-state index is 12.3. The lowest BCUT2D eigenvalue weighted by molar-refractivity contribution is 0.0113. The molecule has 2 atom stereocenters. The number of pyridine rings is 2. The van der Waals surface area contributed by atoms with Gasteiger partial charge in [-0.2, -0.15) is 0 Å². The molecule has 0 amide bonds. The first kappa shape index (κ1) is 21.5. The first-order chi connectivity index (χ1) is 13.4. The predicted octanol–water partition coefficient (Wildman–Crippen LogP) is 2.53. The van der Waals surface area contributed by atoms with E-state index in [2.05, 4.69) is 9.97 Å². The van der Waals surface area contributed by atoms with E-state index in [0.29, 0.717) is 35.7 Å². The third-order valence-corrected chi connectivity index (χ3v) is 3.67. The van der Waals surface area contributed by atoms with Crippen LogP contribution in [-0.4, -0.2) is 61.5 Å². The van der Waals surface area contributed by atoms with Crippen molar-refractivity contribution in [3.05, 3.63) is 47.8 Å². The molecular weight excluding hydrogens is 364 g/mol. The van der Waals surface area contributed by atoms with Crippen LogP contribution >= 0.6 is 0 Å². The predicted molar refractivity (Wildman–Crippen MR) is 101 cm³/mol. The topological polar surface area (TPSA) is 96.8 Å². The van der Waals surface area contributed by atoms with Crippen LogP contribution in [0.4, 0.5) is 0 Å². The molecule has 0 fully saturated rings. The molecule has 0 saturated carbocycles. The molecule has 0 saturated heterocycles.